The molecule has 0 unspecified atom stereocenters. The van der Waals surface area contributed by atoms with Crippen LogP contribution in [0.4, 0.5) is 5.69 Å². The number of ether oxygens (including phenoxy) is 1. The number of hydrogen-bond acceptors (Lipinski definition) is 3. The van der Waals surface area contributed by atoms with Gasteiger partial charge in [0.2, 0.25) is 0 Å². The molecule has 4 heteroatoms. The normalized spacial score (nSPS) is 10.5. The van der Waals surface area contributed by atoms with Gasteiger partial charge in [-0.3, -0.25) is 4.79 Å². The van der Waals surface area contributed by atoms with Crippen LogP contribution in [0, 0.1) is 6.92 Å². The summed E-state index contributed by atoms with van der Waals surface area (Å²) in [5, 5.41) is 0. The Morgan fingerprint density at radius 3 is 2.58 bits per heavy atom. The van der Waals surface area contributed by atoms with Gasteiger partial charge in [-0.15, -0.1) is 11.3 Å². The molecule has 1 heterocycles. The monoisotopic (exact) mass is 337 g/mol. The molecule has 0 radical (unpaired) electrons. The summed E-state index contributed by atoms with van der Waals surface area (Å²) < 4.78 is 5.23. The summed E-state index contributed by atoms with van der Waals surface area (Å²) >= 11 is 1.51. The van der Waals surface area contributed by atoms with Crippen molar-refractivity contribution in [2.24, 2.45) is 0 Å². The molecule has 2 aromatic carbocycles. The van der Waals surface area contributed by atoms with Gasteiger partial charge in [-0.1, -0.05) is 35.9 Å². The van der Waals surface area contributed by atoms with Crippen molar-refractivity contribution in [1.82, 2.24) is 0 Å². The number of anilines is 1. The van der Waals surface area contributed by atoms with E-state index in [1.165, 1.54) is 16.9 Å². The lowest BCUT2D eigenvalue weighted by molar-refractivity contribution is 0.0997. The lowest BCUT2D eigenvalue weighted by Crippen LogP contribution is -2.25. The maximum Gasteiger partial charge on any atom is 0.268 e. The van der Waals surface area contributed by atoms with Crippen molar-refractivity contribution in [3.63, 3.8) is 0 Å². The standard InChI is InChI=1S/C20H19NO2S/c1-14-6-4-7-15(12-14)18-10-11-19(24-18)20(22)21(2)16-8-5-9-17(13-16)23-3/h4-13H,1-3H3. The number of methoxy groups -OCH3 is 1. The van der Waals surface area contributed by atoms with Gasteiger partial charge in [0.1, 0.15) is 5.75 Å². The summed E-state index contributed by atoms with van der Waals surface area (Å²) in [6.45, 7) is 2.07. The van der Waals surface area contributed by atoms with Gasteiger partial charge in [0.05, 0.1) is 12.0 Å². The maximum absolute atomic E-state index is 12.8. The Kier molecular flexibility index (Phi) is 4.67. The Bertz CT molecular complexity index is 869. The minimum atomic E-state index is -0.0212. The zero-order chi connectivity index (χ0) is 17.1. The van der Waals surface area contributed by atoms with Crippen molar-refractivity contribution >= 4 is 22.9 Å². The lowest BCUT2D eigenvalue weighted by Gasteiger charge is -2.17. The van der Waals surface area contributed by atoms with Crippen LogP contribution in [0.1, 0.15) is 15.2 Å². The van der Waals surface area contributed by atoms with Crippen molar-refractivity contribution < 1.29 is 9.53 Å². The number of aryl methyl sites for hydroxylation is 1. The molecule has 0 N–H and O–H groups in total. The van der Waals surface area contributed by atoms with Crippen molar-refractivity contribution in [2.45, 2.75) is 6.92 Å². The molecule has 1 amide bonds. The summed E-state index contributed by atoms with van der Waals surface area (Å²) in [5.41, 5.74) is 3.16. The molecule has 0 saturated heterocycles. The first-order chi connectivity index (χ1) is 11.6. The molecule has 0 bridgehead atoms. The van der Waals surface area contributed by atoms with Crippen molar-refractivity contribution in [1.29, 1.82) is 0 Å². The molecule has 0 aliphatic heterocycles. The molecule has 1 aromatic heterocycles. The lowest BCUT2D eigenvalue weighted by atomic mass is 10.1. The SMILES string of the molecule is COc1cccc(N(C)C(=O)c2ccc(-c3cccc(C)c3)s2)c1. The summed E-state index contributed by atoms with van der Waals surface area (Å²) in [6, 6.07) is 19.7. The summed E-state index contributed by atoms with van der Waals surface area (Å²) in [4.78, 5) is 16.2. The Morgan fingerprint density at radius 2 is 1.83 bits per heavy atom. The zero-order valence-corrected chi connectivity index (χ0v) is 14.8. The Labute approximate surface area is 146 Å². The van der Waals surface area contributed by atoms with E-state index >= 15 is 0 Å². The van der Waals surface area contributed by atoms with Crippen LogP contribution in [0.3, 0.4) is 0 Å². The highest BCUT2D eigenvalue weighted by Gasteiger charge is 2.16. The first-order valence-electron chi connectivity index (χ1n) is 7.67. The van der Waals surface area contributed by atoms with E-state index in [-0.39, 0.29) is 5.91 Å². The van der Waals surface area contributed by atoms with Gasteiger partial charge in [-0.05, 0) is 36.8 Å². The molecule has 3 rings (SSSR count). The molecule has 3 nitrogen and oxygen atoms in total. The average molecular weight is 337 g/mol. The molecule has 122 valence electrons. The fourth-order valence-corrected chi connectivity index (χ4v) is 3.49. The smallest absolute Gasteiger partial charge is 0.268 e. The van der Waals surface area contributed by atoms with Crippen molar-refractivity contribution in [2.75, 3.05) is 19.1 Å². The first kappa shape index (κ1) is 16.3. The van der Waals surface area contributed by atoms with Gasteiger partial charge in [0.25, 0.3) is 5.91 Å². The number of nitrogens with zero attached hydrogens (tertiary/aromatic N) is 1. The van der Waals surface area contributed by atoms with Crippen LogP contribution in [-0.2, 0) is 0 Å². The Morgan fingerprint density at radius 1 is 1.04 bits per heavy atom. The molecule has 24 heavy (non-hydrogen) atoms. The van der Waals surface area contributed by atoms with Crippen LogP contribution >= 0.6 is 11.3 Å². The highest BCUT2D eigenvalue weighted by atomic mass is 32.1. The van der Waals surface area contributed by atoms with Crippen LogP contribution < -0.4 is 9.64 Å². The maximum atomic E-state index is 12.8. The quantitative estimate of drug-likeness (QED) is 0.670. The molecular weight excluding hydrogens is 318 g/mol. The number of carbonyl (C=O) groups excluding carboxylic acids is 1. The fourth-order valence-electron chi connectivity index (χ4n) is 2.51. The Balaban J connectivity index is 1.85. The van der Waals surface area contributed by atoms with E-state index in [0.717, 1.165) is 26.8 Å². The van der Waals surface area contributed by atoms with Crippen LogP contribution in [0.15, 0.2) is 60.7 Å². The van der Waals surface area contributed by atoms with Crippen LogP contribution in [0.5, 0.6) is 5.75 Å². The van der Waals surface area contributed by atoms with Crippen molar-refractivity contribution in [3.8, 4) is 16.2 Å². The zero-order valence-electron chi connectivity index (χ0n) is 13.9. The second-order valence-corrected chi connectivity index (χ2v) is 6.68. The number of thiophene rings is 1. The minimum absolute atomic E-state index is 0.0212. The Hall–Kier alpha value is -2.59. The predicted molar refractivity (Wildman–Crippen MR) is 100 cm³/mol. The number of carbonyl (C=O) groups is 1. The van der Waals surface area contributed by atoms with E-state index < -0.39 is 0 Å². The summed E-state index contributed by atoms with van der Waals surface area (Å²) in [6.07, 6.45) is 0. The fraction of sp³-hybridized carbons (Fsp3) is 0.150. The molecule has 0 aliphatic rings. The van der Waals surface area contributed by atoms with Gasteiger partial charge in [0.15, 0.2) is 0 Å². The van der Waals surface area contributed by atoms with Crippen molar-refractivity contribution in [3.05, 3.63) is 71.1 Å². The third-order valence-corrected chi connectivity index (χ3v) is 4.99. The van der Waals surface area contributed by atoms with E-state index in [9.17, 15) is 4.79 Å². The molecule has 0 aliphatic carbocycles. The third kappa shape index (κ3) is 3.34. The van der Waals surface area contributed by atoms with Crippen LogP contribution in [-0.4, -0.2) is 20.1 Å². The minimum Gasteiger partial charge on any atom is -0.497 e. The number of rotatable bonds is 4. The van der Waals surface area contributed by atoms with Gasteiger partial charge in [0, 0.05) is 23.7 Å². The number of amides is 1. The van der Waals surface area contributed by atoms with E-state index in [2.05, 4.69) is 25.1 Å². The molecule has 0 saturated carbocycles. The van der Waals surface area contributed by atoms with Crippen LogP contribution in [0.2, 0.25) is 0 Å². The number of benzene rings is 2. The van der Waals surface area contributed by atoms with Gasteiger partial charge in [-0.25, -0.2) is 0 Å². The molecule has 3 aromatic rings. The second-order valence-electron chi connectivity index (χ2n) is 5.60. The molecule has 0 spiro atoms. The van der Waals surface area contributed by atoms with Gasteiger partial charge >= 0.3 is 0 Å². The third-order valence-electron chi connectivity index (χ3n) is 3.86. The molecular formula is C20H19NO2S. The molecule has 0 atom stereocenters. The topological polar surface area (TPSA) is 29.5 Å². The predicted octanol–water partition coefficient (Wildman–Crippen LogP) is 5.01. The van der Waals surface area contributed by atoms with E-state index in [4.69, 9.17) is 4.74 Å². The van der Waals surface area contributed by atoms with E-state index in [1.54, 1.807) is 19.1 Å². The van der Waals surface area contributed by atoms with E-state index in [1.807, 2.05) is 42.5 Å². The first-order valence-corrected chi connectivity index (χ1v) is 8.49. The summed E-state index contributed by atoms with van der Waals surface area (Å²) in [5.74, 6) is 0.714. The van der Waals surface area contributed by atoms with Gasteiger partial charge in [-0.2, -0.15) is 0 Å². The molecule has 0 fully saturated rings. The second kappa shape index (κ2) is 6.89. The highest BCUT2D eigenvalue weighted by Crippen LogP contribution is 2.30. The van der Waals surface area contributed by atoms with Gasteiger partial charge < -0.3 is 9.64 Å². The van der Waals surface area contributed by atoms with Crippen LogP contribution in [0.25, 0.3) is 10.4 Å². The largest absolute Gasteiger partial charge is 0.497 e. The van der Waals surface area contributed by atoms with E-state index in [0.29, 0.717) is 0 Å². The highest BCUT2D eigenvalue weighted by molar-refractivity contribution is 7.17. The average Bonchev–Trinajstić information content (AvgIpc) is 3.10. The number of hydrogen-bond donors (Lipinski definition) is 0. The summed E-state index contributed by atoms with van der Waals surface area (Å²) in [7, 11) is 3.40.